The number of nitrogens with zero attached hydrogens (tertiary/aromatic N) is 2. The predicted octanol–water partition coefficient (Wildman–Crippen LogP) is 2.50. The minimum absolute atomic E-state index is 0.0705. The molecule has 0 unspecified atom stereocenters. The van der Waals surface area contributed by atoms with E-state index in [9.17, 15) is 13.2 Å². The van der Waals surface area contributed by atoms with Gasteiger partial charge in [-0.2, -0.15) is 4.31 Å². The van der Waals surface area contributed by atoms with Gasteiger partial charge in [0.1, 0.15) is 11.8 Å². The lowest BCUT2D eigenvalue weighted by Crippen LogP contribution is -2.41. The van der Waals surface area contributed by atoms with Crippen LogP contribution in [0.15, 0.2) is 47.4 Å². The summed E-state index contributed by atoms with van der Waals surface area (Å²) in [5, 5.41) is 3.19. The van der Waals surface area contributed by atoms with Crippen LogP contribution in [0.1, 0.15) is 19.4 Å². The van der Waals surface area contributed by atoms with Gasteiger partial charge in [-0.1, -0.05) is 18.2 Å². The second-order valence-corrected chi connectivity index (χ2v) is 9.78. The molecule has 32 heavy (non-hydrogen) atoms. The molecule has 172 valence electrons. The van der Waals surface area contributed by atoms with Gasteiger partial charge in [0.15, 0.2) is 0 Å². The number of hydrogen-bond acceptors (Lipinski definition) is 6. The van der Waals surface area contributed by atoms with Crippen LogP contribution in [-0.4, -0.2) is 64.1 Å². The van der Waals surface area contributed by atoms with E-state index in [1.807, 2.05) is 31.2 Å². The number of carbonyl (C=O) groups excluding carboxylic acids is 1. The Balaban J connectivity index is 1.58. The number of morpholine rings is 1. The molecular formula is C23H29N3O5S. The zero-order valence-electron chi connectivity index (χ0n) is 18.4. The van der Waals surface area contributed by atoms with Crippen LogP contribution in [-0.2, 0) is 26.0 Å². The molecule has 0 saturated carbocycles. The van der Waals surface area contributed by atoms with Crippen molar-refractivity contribution < 1.29 is 22.7 Å². The number of amides is 1. The van der Waals surface area contributed by atoms with E-state index in [0.717, 1.165) is 17.7 Å². The van der Waals surface area contributed by atoms with Crippen molar-refractivity contribution in [1.29, 1.82) is 0 Å². The largest absolute Gasteiger partial charge is 0.492 e. The fraction of sp³-hybridized carbons (Fsp3) is 0.435. The van der Waals surface area contributed by atoms with Gasteiger partial charge in [-0.25, -0.2) is 8.42 Å². The molecule has 1 amide bonds. The third kappa shape index (κ3) is 4.46. The van der Waals surface area contributed by atoms with Crippen molar-refractivity contribution in [3.05, 3.63) is 48.0 Å². The van der Waals surface area contributed by atoms with Crippen molar-refractivity contribution in [1.82, 2.24) is 4.31 Å². The predicted molar refractivity (Wildman–Crippen MR) is 123 cm³/mol. The highest BCUT2D eigenvalue weighted by Crippen LogP contribution is 2.32. The van der Waals surface area contributed by atoms with Gasteiger partial charge in [0, 0.05) is 25.3 Å². The molecule has 2 aliphatic heterocycles. The van der Waals surface area contributed by atoms with Crippen LogP contribution in [0.4, 0.5) is 11.4 Å². The van der Waals surface area contributed by atoms with Crippen LogP contribution in [0.25, 0.3) is 0 Å². The van der Waals surface area contributed by atoms with Crippen molar-refractivity contribution in [2.24, 2.45) is 0 Å². The van der Waals surface area contributed by atoms with Crippen LogP contribution >= 0.6 is 0 Å². The smallest absolute Gasteiger partial charge is 0.249 e. The van der Waals surface area contributed by atoms with E-state index in [0.29, 0.717) is 50.9 Å². The van der Waals surface area contributed by atoms with Crippen molar-refractivity contribution in [2.45, 2.75) is 31.2 Å². The monoisotopic (exact) mass is 459 g/mol. The summed E-state index contributed by atoms with van der Waals surface area (Å²) in [7, 11) is -3.67. The average Bonchev–Trinajstić information content (AvgIpc) is 3.24. The van der Waals surface area contributed by atoms with E-state index in [1.54, 1.807) is 30.0 Å². The van der Waals surface area contributed by atoms with Gasteiger partial charge >= 0.3 is 0 Å². The van der Waals surface area contributed by atoms with Crippen molar-refractivity contribution in [3.63, 3.8) is 0 Å². The molecule has 0 bridgehead atoms. The zero-order chi connectivity index (χ0) is 22.7. The first-order valence-electron chi connectivity index (χ1n) is 10.9. The van der Waals surface area contributed by atoms with Gasteiger partial charge in [-0.3, -0.25) is 4.79 Å². The van der Waals surface area contributed by atoms with E-state index in [2.05, 4.69) is 5.32 Å². The first kappa shape index (κ1) is 22.6. The number of anilines is 2. The van der Waals surface area contributed by atoms with Crippen molar-refractivity contribution in [3.8, 4) is 5.75 Å². The molecule has 0 aromatic heterocycles. The summed E-state index contributed by atoms with van der Waals surface area (Å²) in [4.78, 5) is 15.1. The standard InChI is InChI=1S/C23H29N3O5S/c1-3-31-22-9-8-19(32(28,29)25-12-14-30-15-13-25)16-20(22)24-17(2)23(27)26-11-10-18-6-4-5-7-21(18)26/h4-9,16-17,24H,3,10-15H2,1-2H3/t17-/m1/s1. The number of para-hydroxylation sites is 1. The van der Waals surface area contributed by atoms with E-state index in [4.69, 9.17) is 9.47 Å². The topological polar surface area (TPSA) is 88.2 Å². The Bertz CT molecular complexity index is 1080. The van der Waals surface area contributed by atoms with E-state index < -0.39 is 16.1 Å². The molecule has 1 atom stereocenters. The Labute approximate surface area is 189 Å². The number of nitrogens with one attached hydrogen (secondary N) is 1. The molecule has 8 nitrogen and oxygen atoms in total. The number of sulfonamides is 1. The molecule has 2 aliphatic rings. The highest BCUT2D eigenvalue weighted by atomic mass is 32.2. The fourth-order valence-electron chi connectivity index (χ4n) is 4.10. The van der Waals surface area contributed by atoms with E-state index >= 15 is 0 Å². The molecular weight excluding hydrogens is 430 g/mol. The molecule has 1 saturated heterocycles. The highest BCUT2D eigenvalue weighted by Gasteiger charge is 2.30. The van der Waals surface area contributed by atoms with Crippen LogP contribution in [0.5, 0.6) is 5.75 Å². The summed E-state index contributed by atoms with van der Waals surface area (Å²) >= 11 is 0. The van der Waals surface area contributed by atoms with E-state index in [1.165, 1.54) is 4.31 Å². The molecule has 0 aliphatic carbocycles. The Kier molecular flexibility index (Phi) is 6.68. The number of hydrogen-bond donors (Lipinski definition) is 1. The summed E-state index contributed by atoms with van der Waals surface area (Å²) in [6, 6.07) is 12.1. The SMILES string of the molecule is CCOc1ccc(S(=O)(=O)N2CCOCC2)cc1N[C@H](C)C(=O)N1CCc2ccccc21. The van der Waals surface area contributed by atoms with Gasteiger partial charge in [0.2, 0.25) is 15.9 Å². The maximum absolute atomic E-state index is 13.2. The molecule has 0 radical (unpaired) electrons. The zero-order valence-corrected chi connectivity index (χ0v) is 19.2. The lowest BCUT2D eigenvalue weighted by atomic mass is 10.2. The van der Waals surface area contributed by atoms with Crippen LogP contribution in [0.2, 0.25) is 0 Å². The third-order valence-electron chi connectivity index (χ3n) is 5.75. The molecule has 4 rings (SSSR count). The van der Waals surface area contributed by atoms with Gasteiger partial charge in [-0.05, 0) is 50.1 Å². The summed E-state index contributed by atoms with van der Waals surface area (Å²) in [6.45, 7) is 6.09. The first-order chi connectivity index (χ1) is 15.4. The highest BCUT2D eigenvalue weighted by molar-refractivity contribution is 7.89. The average molecular weight is 460 g/mol. The first-order valence-corrected chi connectivity index (χ1v) is 12.4. The lowest BCUT2D eigenvalue weighted by Gasteiger charge is -2.27. The molecule has 9 heteroatoms. The van der Waals surface area contributed by atoms with Crippen molar-refractivity contribution in [2.75, 3.05) is 49.7 Å². The van der Waals surface area contributed by atoms with Gasteiger partial charge in [0.05, 0.1) is 30.4 Å². The maximum atomic E-state index is 13.2. The molecule has 2 aromatic carbocycles. The van der Waals surface area contributed by atoms with Crippen LogP contribution < -0.4 is 15.0 Å². The van der Waals surface area contributed by atoms with Gasteiger partial charge in [0.25, 0.3) is 0 Å². The van der Waals surface area contributed by atoms with Crippen LogP contribution in [0, 0.1) is 0 Å². The number of fused-ring (bicyclic) bond motifs is 1. The normalized spacial score (nSPS) is 17.6. The lowest BCUT2D eigenvalue weighted by molar-refractivity contribution is -0.118. The van der Waals surface area contributed by atoms with Gasteiger partial charge in [-0.15, -0.1) is 0 Å². The summed E-state index contributed by atoms with van der Waals surface area (Å²) in [5.74, 6) is 0.439. The van der Waals surface area contributed by atoms with E-state index in [-0.39, 0.29) is 10.8 Å². The Morgan fingerprint density at radius 3 is 2.66 bits per heavy atom. The minimum atomic E-state index is -3.67. The maximum Gasteiger partial charge on any atom is 0.249 e. The molecule has 2 aromatic rings. The molecule has 1 fully saturated rings. The van der Waals surface area contributed by atoms with Crippen molar-refractivity contribution >= 4 is 27.3 Å². The molecule has 1 N–H and O–H groups in total. The quantitative estimate of drug-likeness (QED) is 0.685. The fourth-order valence-corrected chi connectivity index (χ4v) is 5.53. The van der Waals surface area contributed by atoms with Gasteiger partial charge < -0.3 is 19.7 Å². The third-order valence-corrected chi connectivity index (χ3v) is 7.65. The number of ether oxygens (including phenoxy) is 2. The summed E-state index contributed by atoms with van der Waals surface area (Å²) < 4.78 is 38.6. The number of benzene rings is 2. The molecule has 0 spiro atoms. The van der Waals surface area contributed by atoms with Crippen LogP contribution in [0.3, 0.4) is 0 Å². The molecule has 2 heterocycles. The second-order valence-electron chi connectivity index (χ2n) is 7.84. The minimum Gasteiger partial charge on any atom is -0.492 e. The summed E-state index contributed by atoms with van der Waals surface area (Å²) in [5.41, 5.74) is 2.57. The number of rotatable bonds is 7. The number of carbonyl (C=O) groups is 1. The second kappa shape index (κ2) is 9.48. The Morgan fingerprint density at radius 1 is 1.16 bits per heavy atom. The summed E-state index contributed by atoms with van der Waals surface area (Å²) in [6.07, 6.45) is 0.826. The Hall–Kier alpha value is -2.62. The Morgan fingerprint density at radius 2 is 1.91 bits per heavy atom.